The van der Waals surface area contributed by atoms with Gasteiger partial charge in [-0.3, -0.25) is 9.97 Å². The van der Waals surface area contributed by atoms with Crippen LogP contribution in [0.4, 0.5) is 0 Å². The molecule has 1 saturated carbocycles. The van der Waals surface area contributed by atoms with Crippen LogP contribution >= 0.6 is 0 Å². The summed E-state index contributed by atoms with van der Waals surface area (Å²) >= 11 is 0. The molecular formula is C9H13N3O. The van der Waals surface area contributed by atoms with Gasteiger partial charge in [-0.1, -0.05) is 0 Å². The Morgan fingerprint density at radius 2 is 2.23 bits per heavy atom. The summed E-state index contributed by atoms with van der Waals surface area (Å²) in [6.07, 6.45) is 6.49. The Labute approximate surface area is 76.8 Å². The molecule has 2 unspecified atom stereocenters. The number of aliphatic hydroxyl groups is 1. The van der Waals surface area contributed by atoms with Crippen molar-refractivity contribution in [2.75, 3.05) is 0 Å². The maximum absolute atomic E-state index is 9.72. The third-order valence-corrected chi connectivity index (χ3v) is 2.40. The Balaban J connectivity index is 2.07. The van der Waals surface area contributed by atoms with Crippen LogP contribution in [0.1, 0.15) is 24.6 Å². The van der Waals surface area contributed by atoms with E-state index in [-0.39, 0.29) is 6.04 Å². The Morgan fingerprint density at radius 3 is 2.77 bits per heavy atom. The summed E-state index contributed by atoms with van der Waals surface area (Å²) in [6.45, 7) is 0. The molecule has 0 radical (unpaired) electrons. The maximum Gasteiger partial charge on any atom is 0.0780 e. The summed E-state index contributed by atoms with van der Waals surface area (Å²) in [5.74, 6) is 0.372. The van der Waals surface area contributed by atoms with E-state index in [0.717, 1.165) is 12.8 Å². The van der Waals surface area contributed by atoms with E-state index in [1.54, 1.807) is 18.6 Å². The van der Waals surface area contributed by atoms with Gasteiger partial charge in [0.25, 0.3) is 0 Å². The van der Waals surface area contributed by atoms with Crippen LogP contribution in [0.3, 0.4) is 0 Å². The normalized spacial score (nSPS) is 21.1. The fourth-order valence-corrected chi connectivity index (χ4v) is 1.39. The highest BCUT2D eigenvalue weighted by molar-refractivity contribution is 5.05. The second kappa shape index (κ2) is 3.40. The van der Waals surface area contributed by atoms with E-state index in [0.29, 0.717) is 11.6 Å². The molecule has 0 amide bonds. The van der Waals surface area contributed by atoms with Gasteiger partial charge in [-0.25, -0.2) is 0 Å². The zero-order valence-corrected chi connectivity index (χ0v) is 7.30. The van der Waals surface area contributed by atoms with E-state index in [9.17, 15) is 5.11 Å². The van der Waals surface area contributed by atoms with Crippen LogP contribution < -0.4 is 5.73 Å². The minimum absolute atomic E-state index is 0.372. The molecular weight excluding hydrogens is 166 g/mol. The summed E-state index contributed by atoms with van der Waals surface area (Å²) in [6, 6.07) is -0.388. The van der Waals surface area contributed by atoms with Crippen LogP contribution in [-0.2, 0) is 0 Å². The van der Waals surface area contributed by atoms with Crippen molar-refractivity contribution in [2.45, 2.75) is 25.0 Å². The lowest BCUT2D eigenvalue weighted by atomic mass is 10.1. The number of rotatable bonds is 3. The van der Waals surface area contributed by atoms with Crippen molar-refractivity contribution in [3.63, 3.8) is 0 Å². The fraction of sp³-hybridized carbons (Fsp3) is 0.556. The lowest BCUT2D eigenvalue weighted by Gasteiger charge is -2.16. The zero-order valence-electron chi connectivity index (χ0n) is 7.30. The van der Waals surface area contributed by atoms with Crippen LogP contribution in [0, 0.1) is 5.92 Å². The Hall–Kier alpha value is -1.00. The minimum Gasteiger partial charge on any atom is -0.391 e. The molecule has 0 aliphatic heterocycles. The molecule has 0 spiro atoms. The molecule has 3 N–H and O–H groups in total. The average molecular weight is 179 g/mol. The second-order valence-electron chi connectivity index (χ2n) is 3.48. The standard InChI is InChI=1S/C9H13N3O/c10-8(9(13)6-1-2-6)7-5-11-3-4-12-7/h3-6,8-9,13H,1-2,10H2. The molecule has 13 heavy (non-hydrogen) atoms. The first-order chi connectivity index (χ1) is 6.29. The van der Waals surface area contributed by atoms with E-state index >= 15 is 0 Å². The van der Waals surface area contributed by atoms with E-state index in [4.69, 9.17) is 5.73 Å². The lowest BCUT2D eigenvalue weighted by Crippen LogP contribution is -2.28. The van der Waals surface area contributed by atoms with Crippen LogP contribution in [-0.4, -0.2) is 21.2 Å². The number of hydrogen-bond acceptors (Lipinski definition) is 4. The number of hydrogen-bond donors (Lipinski definition) is 2. The van der Waals surface area contributed by atoms with Crippen LogP contribution in [0.25, 0.3) is 0 Å². The zero-order chi connectivity index (χ0) is 9.26. The molecule has 2 rings (SSSR count). The lowest BCUT2D eigenvalue weighted by molar-refractivity contribution is 0.120. The highest BCUT2D eigenvalue weighted by Gasteiger charge is 2.34. The number of aromatic nitrogens is 2. The summed E-state index contributed by atoms with van der Waals surface area (Å²) in [7, 11) is 0. The van der Waals surface area contributed by atoms with Gasteiger partial charge in [-0.2, -0.15) is 0 Å². The van der Waals surface area contributed by atoms with Crippen molar-refractivity contribution in [1.29, 1.82) is 0 Å². The summed E-state index contributed by atoms with van der Waals surface area (Å²) in [5, 5.41) is 9.72. The smallest absolute Gasteiger partial charge is 0.0780 e. The van der Waals surface area contributed by atoms with Gasteiger partial charge in [0.2, 0.25) is 0 Å². The Morgan fingerprint density at radius 1 is 1.46 bits per heavy atom. The summed E-state index contributed by atoms with van der Waals surface area (Å²) < 4.78 is 0. The summed E-state index contributed by atoms with van der Waals surface area (Å²) in [5.41, 5.74) is 6.50. The van der Waals surface area contributed by atoms with Crippen LogP contribution in [0.2, 0.25) is 0 Å². The fourth-order valence-electron chi connectivity index (χ4n) is 1.39. The third-order valence-electron chi connectivity index (χ3n) is 2.40. The molecule has 1 aliphatic carbocycles. The molecule has 2 atom stereocenters. The third kappa shape index (κ3) is 1.84. The van der Waals surface area contributed by atoms with E-state index < -0.39 is 6.10 Å². The van der Waals surface area contributed by atoms with Crippen molar-refractivity contribution in [1.82, 2.24) is 9.97 Å². The first kappa shape index (κ1) is 8.59. The largest absolute Gasteiger partial charge is 0.391 e. The molecule has 1 aromatic heterocycles. The van der Waals surface area contributed by atoms with Crippen molar-refractivity contribution >= 4 is 0 Å². The molecule has 1 aromatic rings. The van der Waals surface area contributed by atoms with Crippen LogP contribution in [0.15, 0.2) is 18.6 Å². The molecule has 1 heterocycles. The van der Waals surface area contributed by atoms with Crippen molar-refractivity contribution < 1.29 is 5.11 Å². The predicted molar refractivity (Wildman–Crippen MR) is 47.7 cm³/mol. The molecule has 4 heteroatoms. The van der Waals surface area contributed by atoms with Gasteiger partial charge < -0.3 is 10.8 Å². The topological polar surface area (TPSA) is 72.0 Å². The van der Waals surface area contributed by atoms with Gasteiger partial charge >= 0.3 is 0 Å². The monoisotopic (exact) mass is 179 g/mol. The number of nitrogens with two attached hydrogens (primary N) is 1. The van der Waals surface area contributed by atoms with Crippen molar-refractivity contribution in [3.05, 3.63) is 24.3 Å². The molecule has 1 aliphatic rings. The van der Waals surface area contributed by atoms with Gasteiger partial charge in [0.15, 0.2) is 0 Å². The van der Waals surface area contributed by atoms with Crippen LogP contribution in [0.5, 0.6) is 0 Å². The predicted octanol–water partition coefficient (Wildman–Crippen LogP) is 0.247. The van der Waals surface area contributed by atoms with Gasteiger partial charge in [-0.05, 0) is 18.8 Å². The quantitative estimate of drug-likeness (QED) is 0.697. The first-order valence-electron chi connectivity index (χ1n) is 4.48. The van der Waals surface area contributed by atoms with Gasteiger partial charge in [-0.15, -0.1) is 0 Å². The van der Waals surface area contributed by atoms with Gasteiger partial charge in [0, 0.05) is 12.4 Å². The first-order valence-corrected chi connectivity index (χ1v) is 4.48. The van der Waals surface area contributed by atoms with Gasteiger partial charge in [0.05, 0.1) is 24.0 Å². The minimum atomic E-state index is -0.461. The van der Waals surface area contributed by atoms with Crippen molar-refractivity contribution in [2.24, 2.45) is 11.7 Å². The maximum atomic E-state index is 9.72. The SMILES string of the molecule is NC(c1cnccn1)C(O)C1CC1. The molecule has 0 bridgehead atoms. The molecule has 0 aromatic carbocycles. The highest BCUT2D eigenvalue weighted by atomic mass is 16.3. The second-order valence-corrected chi connectivity index (χ2v) is 3.48. The Kier molecular flexibility index (Phi) is 2.24. The van der Waals surface area contributed by atoms with E-state index in [1.165, 1.54) is 0 Å². The number of nitrogens with zero attached hydrogens (tertiary/aromatic N) is 2. The van der Waals surface area contributed by atoms with Crippen molar-refractivity contribution in [3.8, 4) is 0 Å². The molecule has 70 valence electrons. The van der Waals surface area contributed by atoms with Gasteiger partial charge in [0.1, 0.15) is 0 Å². The van der Waals surface area contributed by atoms with E-state index in [1.807, 2.05) is 0 Å². The Bertz CT molecular complexity index is 273. The molecule has 1 fully saturated rings. The van der Waals surface area contributed by atoms with E-state index in [2.05, 4.69) is 9.97 Å². The highest BCUT2D eigenvalue weighted by Crippen LogP contribution is 2.36. The summed E-state index contributed by atoms with van der Waals surface area (Å²) in [4.78, 5) is 7.98. The average Bonchev–Trinajstić information content (AvgIpc) is 3.00. The molecule has 4 nitrogen and oxygen atoms in total. The molecule has 0 saturated heterocycles. The number of aliphatic hydroxyl groups excluding tert-OH is 1.